The molecule has 2 N–H and O–H groups in total. The Bertz CT molecular complexity index is 1110. The highest BCUT2D eigenvalue weighted by molar-refractivity contribution is 7.19. The van der Waals surface area contributed by atoms with Gasteiger partial charge in [-0.1, -0.05) is 46.9 Å². The van der Waals surface area contributed by atoms with Crippen LogP contribution in [0.3, 0.4) is 0 Å². The van der Waals surface area contributed by atoms with Crippen LogP contribution < -0.4 is 15.5 Å². The first-order valence-electron chi connectivity index (χ1n) is 9.98. The molecule has 1 aliphatic rings. The Labute approximate surface area is 199 Å². The summed E-state index contributed by atoms with van der Waals surface area (Å²) in [6, 6.07) is 8.33. The molecule has 0 unspecified atom stereocenters. The molecule has 164 valence electrons. The molecule has 10 heteroatoms. The molecule has 0 bridgehead atoms. The Hall–Kier alpha value is -1.80. The molecule has 4 rings (SSSR count). The predicted molar refractivity (Wildman–Crippen MR) is 130 cm³/mol. The summed E-state index contributed by atoms with van der Waals surface area (Å²) in [4.78, 5) is 24.3. The largest absolute Gasteiger partial charge is 0.362 e. The number of carbonyl (C=O) groups excluding carboxylic acids is 1. The summed E-state index contributed by atoms with van der Waals surface area (Å²) < 4.78 is 0.331. The molecule has 2 heterocycles. The first-order chi connectivity index (χ1) is 14.8. The second kappa shape index (κ2) is 9.36. The average Bonchev–Trinajstić information content (AvgIpc) is 3.02. The number of amides is 1. The van der Waals surface area contributed by atoms with E-state index >= 15 is 0 Å². The van der Waals surface area contributed by atoms with E-state index in [-0.39, 0.29) is 28.0 Å². The van der Waals surface area contributed by atoms with Gasteiger partial charge in [0.15, 0.2) is 0 Å². The van der Waals surface area contributed by atoms with Gasteiger partial charge >= 0.3 is 0 Å². The van der Waals surface area contributed by atoms with Crippen molar-refractivity contribution < 1.29 is 4.79 Å². The molecule has 0 saturated heterocycles. The third kappa shape index (κ3) is 4.85. The molecule has 6 nitrogen and oxygen atoms in total. The third-order valence-electron chi connectivity index (χ3n) is 5.36. The van der Waals surface area contributed by atoms with E-state index < -0.39 is 0 Å². The van der Waals surface area contributed by atoms with Gasteiger partial charge in [-0.15, -0.1) is 11.3 Å². The van der Waals surface area contributed by atoms with Crippen LogP contribution in [0, 0.1) is 0 Å². The van der Waals surface area contributed by atoms with Crippen LogP contribution in [-0.4, -0.2) is 42.1 Å². The number of hydrogen-bond donors (Lipinski definition) is 2. The molecular formula is C21H22Cl3N5OS. The van der Waals surface area contributed by atoms with E-state index in [1.165, 1.54) is 0 Å². The maximum atomic E-state index is 12.6. The summed E-state index contributed by atoms with van der Waals surface area (Å²) in [6.45, 7) is 0. The number of anilines is 2. The summed E-state index contributed by atoms with van der Waals surface area (Å²) in [6.07, 6.45) is 3.50. The van der Waals surface area contributed by atoms with E-state index in [0.29, 0.717) is 15.2 Å². The summed E-state index contributed by atoms with van der Waals surface area (Å²) in [5.41, 5.74) is 0.912. The molecule has 3 aromatic rings. The average molecular weight is 499 g/mol. The summed E-state index contributed by atoms with van der Waals surface area (Å²) in [5, 5.41) is 8.01. The lowest BCUT2D eigenvalue weighted by Crippen LogP contribution is -2.40. The van der Waals surface area contributed by atoms with Crippen molar-refractivity contribution in [1.82, 2.24) is 15.3 Å². The van der Waals surface area contributed by atoms with Crippen molar-refractivity contribution in [3.8, 4) is 0 Å². The van der Waals surface area contributed by atoms with Crippen LogP contribution >= 0.6 is 46.1 Å². The zero-order valence-electron chi connectivity index (χ0n) is 17.1. The van der Waals surface area contributed by atoms with Gasteiger partial charge < -0.3 is 15.5 Å². The van der Waals surface area contributed by atoms with Crippen LogP contribution in [0.5, 0.6) is 0 Å². The third-order valence-corrected chi connectivity index (χ3v) is 7.94. The van der Waals surface area contributed by atoms with Crippen molar-refractivity contribution in [3.05, 3.63) is 43.5 Å². The fourth-order valence-electron chi connectivity index (χ4n) is 3.79. The van der Waals surface area contributed by atoms with E-state index in [9.17, 15) is 4.79 Å². The van der Waals surface area contributed by atoms with Gasteiger partial charge in [0.05, 0.1) is 15.6 Å². The minimum atomic E-state index is -0.228. The molecular weight excluding hydrogens is 477 g/mol. The van der Waals surface area contributed by atoms with E-state index in [1.54, 1.807) is 0 Å². The second-order valence-corrected chi connectivity index (χ2v) is 10.2. The molecule has 31 heavy (non-hydrogen) atoms. The quantitative estimate of drug-likeness (QED) is 0.460. The number of aromatic nitrogens is 2. The van der Waals surface area contributed by atoms with Gasteiger partial charge in [-0.25, -0.2) is 4.98 Å². The predicted octanol–water partition coefficient (Wildman–Crippen LogP) is 5.87. The first-order valence-corrected chi connectivity index (χ1v) is 11.9. The summed E-state index contributed by atoms with van der Waals surface area (Å²) in [5.74, 6) is 1.29. The van der Waals surface area contributed by atoms with Crippen molar-refractivity contribution in [3.63, 3.8) is 0 Å². The Morgan fingerprint density at radius 2 is 1.71 bits per heavy atom. The standard InChI is InChI=1S/C21H22Cl3N5OS/c1-29(2)19-13-5-3-4-6-14(13)27-21(28-19)26-12-9-7-11(8-10-12)25-20(30)17-15(22)16(23)18(24)31-17/h3-6,11-12H,7-10H2,1-2H3,(H,25,30)(H,26,27,28)/t11-,12+. The van der Waals surface area contributed by atoms with E-state index in [0.717, 1.165) is 53.7 Å². The topological polar surface area (TPSA) is 70.2 Å². The smallest absolute Gasteiger partial charge is 0.263 e. The number of nitrogens with zero attached hydrogens (tertiary/aromatic N) is 3. The lowest BCUT2D eigenvalue weighted by molar-refractivity contribution is 0.0931. The van der Waals surface area contributed by atoms with Crippen LogP contribution in [0.4, 0.5) is 11.8 Å². The number of nitrogens with one attached hydrogen (secondary N) is 2. The molecule has 0 radical (unpaired) electrons. The van der Waals surface area contributed by atoms with Gasteiger partial charge in [-0.3, -0.25) is 4.79 Å². The fourth-order valence-corrected chi connectivity index (χ4v) is 5.50. The van der Waals surface area contributed by atoms with Crippen LogP contribution in [0.1, 0.15) is 35.4 Å². The van der Waals surface area contributed by atoms with Gasteiger partial charge in [-0.2, -0.15) is 4.98 Å². The fraction of sp³-hybridized carbons (Fsp3) is 0.381. The first kappa shape index (κ1) is 22.4. The van der Waals surface area contributed by atoms with Gasteiger partial charge in [0.1, 0.15) is 15.0 Å². The van der Waals surface area contributed by atoms with Gasteiger partial charge in [0.25, 0.3) is 5.91 Å². The zero-order valence-corrected chi connectivity index (χ0v) is 20.2. The maximum absolute atomic E-state index is 12.6. The molecule has 2 aromatic heterocycles. The van der Waals surface area contributed by atoms with Crippen LogP contribution in [0.25, 0.3) is 10.9 Å². The molecule has 0 spiro atoms. The Morgan fingerprint density at radius 3 is 2.35 bits per heavy atom. The Morgan fingerprint density at radius 1 is 1.03 bits per heavy atom. The van der Waals surface area contributed by atoms with Gasteiger partial charge in [0, 0.05) is 31.6 Å². The second-order valence-electron chi connectivity index (χ2n) is 7.78. The molecule has 1 amide bonds. The number of rotatable bonds is 5. The zero-order chi connectivity index (χ0) is 22.1. The number of halogens is 3. The lowest BCUT2D eigenvalue weighted by atomic mass is 9.91. The summed E-state index contributed by atoms with van der Waals surface area (Å²) >= 11 is 19.2. The molecule has 1 aromatic carbocycles. The normalized spacial score (nSPS) is 18.7. The van der Waals surface area contributed by atoms with Crippen molar-refractivity contribution in [2.45, 2.75) is 37.8 Å². The van der Waals surface area contributed by atoms with E-state index in [1.807, 2.05) is 43.3 Å². The molecule has 0 aliphatic heterocycles. The number of para-hydroxylation sites is 1. The maximum Gasteiger partial charge on any atom is 0.263 e. The number of benzene rings is 1. The van der Waals surface area contributed by atoms with Gasteiger partial charge in [-0.05, 0) is 37.8 Å². The lowest BCUT2D eigenvalue weighted by Gasteiger charge is -2.30. The SMILES string of the molecule is CN(C)c1nc(N[C@H]2CC[C@@H](NC(=O)c3sc(Cl)c(Cl)c3Cl)CC2)nc2ccccc12. The number of thiophene rings is 1. The summed E-state index contributed by atoms with van der Waals surface area (Å²) in [7, 11) is 3.96. The van der Waals surface area contributed by atoms with Crippen LogP contribution in [0.15, 0.2) is 24.3 Å². The van der Waals surface area contributed by atoms with Crippen molar-refractivity contribution >= 4 is 74.7 Å². The van der Waals surface area contributed by atoms with Gasteiger partial charge in [0.2, 0.25) is 5.95 Å². The van der Waals surface area contributed by atoms with E-state index in [2.05, 4.69) is 15.6 Å². The number of fused-ring (bicyclic) bond motifs is 1. The molecule has 0 atom stereocenters. The van der Waals surface area contributed by atoms with Crippen LogP contribution in [-0.2, 0) is 0 Å². The van der Waals surface area contributed by atoms with Crippen molar-refractivity contribution in [2.24, 2.45) is 0 Å². The molecule has 1 aliphatic carbocycles. The minimum Gasteiger partial charge on any atom is -0.362 e. The minimum absolute atomic E-state index is 0.0797. The highest BCUT2D eigenvalue weighted by Crippen LogP contribution is 2.40. The van der Waals surface area contributed by atoms with E-state index in [4.69, 9.17) is 39.8 Å². The molecule has 1 saturated carbocycles. The number of hydrogen-bond acceptors (Lipinski definition) is 6. The number of carbonyl (C=O) groups is 1. The highest BCUT2D eigenvalue weighted by Gasteiger charge is 2.26. The van der Waals surface area contributed by atoms with Crippen molar-refractivity contribution in [1.29, 1.82) is 0 Å². The Kier molecular flexibility index (Phi) is 6.77. The van der Waals surface area contributed by atoms with Crippen molar-refractivity contribution in [2.75, 3.05) is 24.3 Å². The van der Waals surface area contributed by atoms with Crippen LogP contribution in [0.2, 0.25) is 14.4 Å². The Balaban J connectivity index is 1.38. The molecule has 1 fully saturated rings. The highest BCUT2D eigenvalue weighted by atomic mass is 35.5. The monoisotopic (exact) mass is 497 g/mol.